The molecular weight excluding hydrogens is 518 g/mol. The quantitative estimate of drug-likeness (QED) is 0.204. The predicted octanol–water partition coefficient (Wildman–Crippen LogP) is 5.92. The van der Waals surface area contributed by atoms with Crippen molar-refractivity contribution in [2.75, 3.05) is 33.8 Å². The number of nitriles is 1. The number of rotatable bonds is 10. The van der Waals surface area contributed by atoms with Gasteiger partial charge in [-0.3, -0.25) is 4.79 Å². The van der Waals surface area contributed by atoms with Crippen molar-refractivity contribution in [1.29, 1.82) is 5.26 Å². The van der Waals surface area contributed by atoms with Gasteiger partial charge in [-0.1, -0.05) is 50.3 Å². The molecule has 40 heavy (non-hydrogen) atoms. The molecule has 1 fully saturated rings. The zero-order valence-corrected chi connectivity index (χ0v) is 25.7. The Morgan fingerprint density at radius 2 is 1.90 bits per heavy atom. The minimum Gasteiger partial charge on any atom is -0.361 e. The lowest BCUT2D eigenvalue weighted by Gasteiger charge is -2.36. The molecule has 214 valence electrons. The van der Waals surface area contributed by atoms with Gasteiger partial charge in [-0.15, -0.1) is 0 Å². The first-order valence-corrected chi connectivity index (χ1v) is 18.1. The highest BCUT2D eigenvalue weighted by Crippen LogP contribution is 2.33. The summed E-state index contributed by atoms with van der Waals surface area (Å²) in [6.07, 6.45) is 9.71. The molecule has 0 atom stereocenters. The van der Waals surface area contributed by atoms with Crippen molar-refractivity contribution in [3.63, 3.8) is 0 Å². The van der Waals surface area contributed by atoms with Crippen molar-refractivity contribution in [1.82, 2.24) is 19.4 Å². The van der Waals surface area contributed by atoms with Crippen molar-refractivity contribution in [3.05, 3.63) is 58.7 Å². The second-order valence-corrected chi connectivity index (χ2v) is 18.1. The van der Waals surface area contributed by atoms with Crippen LogP contribution in [0.4, 0.5) is 4.79 Å². The summed E-state index contributed by atoms with van der Waals surface area (Å²) in [6, 6.07) is 9.58. The van der Waals surface area contributed by atoms with E-state index >= 15 is 0 Å². The molecule has 2 aromatic rings. The Morgan fingerprint density at radius 1 is 1.15 bits per heavy atom. The first-order valence-electron chi connectivity index (χ1n) is 14.4. The number of amides is 2. The van der Waals surface area contributed by atoms with E-state index < -0.39 is 8.07 Å². The fourth-order valence-electron chi connectivity index (χ4n) is 5.52. The number of carbonyl (C=O) groups is 2. The Bertz CT molecular complexity index is 1290. The number of aromatic nitrogens is 2. The largest absolute Gasteiger partial charge is 0.361 e. The minimum atomic E-state index is -1.24. The fraction of sp³-hybridized carbons (Fsp3) is 0.548. The number of allylic oxidation sites excluding steroid dienone is 2. The van der Waals surface area contributed by atoms with Crippen molar-refractivity contribution in [3.8, 4) is 6.07 Å². The Morgan fingerprint density at radius 3 is 2.60 bits per heavy atom. The van der Waals surface area contributed by atoms with Crippen LogP contribution in [0.25, 0.3) is 5.57 Å². The Balaban J connectivity index is 1.60. The molecule has 0 unspecified atom stereocenters. The summed E-state index contributed by atoms with van der Waals surface area (Å²) in [7, 11) is 2.46. The van der Waals surface area contributed by atoms with Crippen LogP contribution in [0.3, 0.4) is 0 Å². The van der Waals surface area contributed by atoms with Gasteiger partial charge in [-0.2, -0.15) is 5.26 Å². The lowest BCUT2D eigenvalue weighted by atomic mass is 9.87. The van der Waals surface area contributed by atoms with E-state index in [1.807, 2.05) is 14.1 Å². The highest BCUT2D eigenvalue weighted by Gasteiger charge is 2.29. The van der Waals surface area contributed by atoms with Gasteiger partial charge in [0.25, 0.3) is 0 Å². The molecule has 0 bridgehead atoms. The molecule has 1 aromatic heterocycles. The topological polar surface area (TPSA) is 91.5 Å². The molecule has 4 rings (SSSR count). The van der Waals surface area contributed by atoms with Gasteiger partial charge in [0.15, 0.2) is 11.5 Å². The van der Waals surface area contributed by atoms with Crippen LogP contribution in [0.2, 0.25) is 25.7 Å². The van der Waals surface area contributed by atoms with Crippen LogP contribution in [0.1, 0.15) is 71.0 Å². The van der Waals surface area contributed by atoms with Gasteiger partial charge in [0.2, 0.25) is 5.78 Å². The maximum Gasteiger partial charge on any atom is 0.319 e. The highest BCUT2D eigenvalue weighted by atomic mass is 28.3. The summed E-state index contributed by atoms with van der Waals surface area (Å²) in [4.78, 5) is 33.9. The van der Waals surface area contributed by atoms with Crippen molar-refractivity contribution < 1.29 is 14.3 Å². The second kappa shape index (κ2) is 13.0. The standard InChI is InChI=1S/C31H43N5O3Si/c1-34-19-26(20-35(2)31(34)38)24-12-13-25(28(16-24)23-10-8-6-7-9-11-23)17-29(37)30-33-27(18-32)21-36(30)22-39-14-15-40(3,4)5/h10,12-13,16,21,26H,6-9,11,14-15,17,19-20,22H2,1-5H3. The maximum atomic E-state index is 13.7. The Labute approximate surface area is 239 Å². The fourth-order valence-corrected chi connectivity index (χ4v) is 6.28. The third-order valence-corrected chi connectivity index (χ3v) is 9.56. The Kier molecular flexibility index (Phi) is 9.64. The van der Waals surface area contributed by atoms with Crippen LogP contribution in [0.5, 0.6) is 0 Å². The molecule has 0 saturated carbocycles. The molecule has 0 N–H and O–H groups in total. The van der Waals surface area contributed by atoms with E-state index in [9.17, 15) is 14.9 Å². The summed E-state index contributed by atoms with van der Waals surface area (Å²) >= 11 is 0. The van der Waals surface area contributed by atoms with E-state index in [0.717, 1.165) is 36.4 Å². The molecule has 0 spiro atoms. The number of urea groups is 1. The average molecular weight is 562 g/mol. The van der Waals surface area contributed by atoms with Crippen LogP contribution < -0.4 is 0 Å². The summed E-state index contributed by atoms with van der Waals surface area (Å²) in [5, 5.41) is 9.47. The zero-order chi connectivity index (χ0) is 28.9. The number of likely N-dealkylation sites (N-methyl/N-ethyl adjacent to an activating group) is 2. The Hall–Kier alpha value is -3.22. The van der Waals surface area contributed by atoms with Crippen molar-refractivity contribution in [2.45, 2.75) is 76.9 Å². The predicted molar refractivity (Wildman–Crippen MR) is 160 cm³/mol. The summed E-state index contributed by atoms with van der Waals surface area (Å²) < 4.78 is 7.57. The third kappa shape index (κ3) is 7.49. The van der Waals surface area contributed by atoms with E-state index in [0.29, 0.717) is 19.7 Å². The molecule has 1 aliphatic carbocycles. The second-order valence-electron chi connectivity index (χ2n) is 12.5. The van der Waals surface area contributed by atoms with Crippen molar-refractivity contribution >= 4 is 25.5 Å². The van der Waals surface area contributed by atoms with Crippen LogP contribution in [-0.2, 0) is 17.9 Å². The normalized spacial score (nSPS) is 17.0. The number of carbonyl (C=O) groups excluding carboxylic acids is 2. The number of ketones is 1. The van der Waals surface area contributed by atoms with Crippen LogP contribution in [-0.4, -0.2) is 73.0 Å². The van der Waals surface area contributed by atoms with Gasteiger partial charge in [-0.05, 0) is 54.0 Å². The smallest absolute Gasteiger partial charge is 0.319 e. The van der Waals surface area contributed by atoms with E-state index in [1.54, 1.807) is 20.6 Å². The van der Waals surface area contributed by atoms with E-state index in [1.165, 1.54) is 24.0 Å². The third-order valence-electron chi connectivity index (χ3n) is 7.85. The molecule has 1 saturated heterocycles. The van der Waals surface area contributed by atoms with E-state index in [4.69, 9.17) is 4.74 Å². The molecule has 2 amide bonds. The number of hydrogen-bond donors (Lipinski definition) is 0. The molecule has 0 radical (unpaired) electrons. The van der Waals surface area contributed by atoms with Gasteiger partial charge in [0, 0.05) is 60.4 Å². The van der Waals surface area contributed by atoms with Gasteiger partial charge >= 0.3 is 6.03 Å². The maximum absolute atomic E-state index is 13.7. The van der Waals surface area contributed by atoms with Gasteiger partial charge in [-0.25, -0.2) is 9.78 Å². The SMILES string of the molecule is CN1CC(c2ccc(CC(=O)c3nc(C#N)cn3COCC[Si](C)(C)C)c(C3=CCCCCC3)c2)CN(C)C1=O. The van der Waals surface area contributed by atoms with Crippen LogP contribution in [0.15, 0.2) is 30.5 Å². The summed E-state index contributed by atoms with van der Waals surface area (Å²) in [5.74, 6) is 0.345. The summed E-state index contributed by atoms with van der Waals surface area (Å²) in [5.41, 5.74) is 4.81. The zero-order valence-electron chi connectivity index (χ0n) is 24.7. The monoisotopic (exact) mass is 561 g/mol. The van der Waals surface area contributed by atoms with Gasteiger partial charge < -0.3 is 19.1 Å². The van der Waals surface area contributed by atoms with E-state index in [2.05, 4.69) is 55.0 Å². The first-order chi connectivity index (χ1) is 19.1. The molecule has 2 heterocycles. The molecule has 1 aromatic carbocycles. The number of Topliss-reactive ketones (excluding diaryl/α,β-unsaturated/α-hetero) is 1. The average Bonchev–Trinajstić information content (AvgIpc) is 3.14. The first kappa shape index (κ1) is 29.8. The molecule has 8 nitrogen and oxygen atoms in total. The molecular formula is C31H43N5O3Si. The summed E-state index contributed by atoms with van der Waals surface area (Å²) in [6.45, 7) is 9.07. The number of benzene rings is 1. The number of hydrogen-bond acceptors (Lipinski definition) is 5. The number of nitrogens with zero attached hydrogens (tertiary/aromatic N) is 5. The number of imidazole rings is 1. The highest BCUT2D eigenvalue weighted by molar-refractivity contribution is 6.76. The molecule has 2 aliphatic rings. The van der Waals surface area contributed by atoms with Crippen LogP contribution >= 0.6 is 0 Å². The molecule has 1 aliphatic heterocycles. The van der Waals surface area contributed by atoms with Crippen molar-refractivity contribution in [2.24, 2.45) is 0 Å². The lowest BCUT2D eigenvalue weighted by Crippen LogP contribution is -2.48. The van der Waals surface area contributed by atoms with E-state index in [-0.39, 0.29) is 42.4 Å². The molecule has 9 heteroatoms. The number of ether oxygens (including phenoxy) is 1. The van der Waals surface area contributed by atoms with Crippen LogP contribution in [0, 0.1) is 11.3 Å². The van der Waals surface area contributed by atoms with Gasteiger partial charge in [0.1, 0.15) is 12.8 Å². The lowest BCUT2D eigenvalue weighted by molar-refractivity contribution is 0.0799. The minimum absolute atomic E-state index is 0.0434. The van der Waals surface area contributed by atoms with Gasteiger partial charge in [0.05, 0.1) is 0 Å².